The number of nitro benzene ring substituents is 1. The summed E-state index contributed by atoms with van der Waals surface area (Å²) in [6, 6.07) is 6.15. The number of non-ortho nitro benzene ring substituents is 1. The Morgan fingerprint density at radius 3 is 2.81 bits per heavy atom. The lowest BCUT2D eigenvalue weighted by Gasteiger charge is -2.12. The minimum absolute atomic E-state index is 0.00613. The van der Waals surface area contributed by atoms with Crippen LogP contribution in [0, 0.1) is 10.1 Å². The number of carbonyl (C=O) groups is 1. The van der Waals surface area contributed by atoms with Gasteiger partial charge < -0.3 is 15.4 Å². The Morgan fingerprint density at radius 1 is 1.38 bits per heavy atom. The highest BCUT2D eigenvalue weighted by Gasteiger charge is 2.17. The van der Waals surface area contributed by atoms with E-state index >= 15 is 0 Å². The van der Waals surface area contributed by atoms with Crippen LogP contribution in [0.25, 0.3) is 0 Å². The fourth-order valence-corrected chi connectivity index (χ4v) is 1.79. The van der Waals surface area contributed by atoms with E-state index in [0.29, 0.717) is 25.3 Å². The summed E-state index contributed by atoms with van der Waals surface area (Å²) in [5, 5.41) is 16.6. The highest BCUT2D eigenvalue weighted by molar-refractivity contribution is 5.83. The average molecular weight is 295 g/mol. The maximum absolute atomic E-state index is 12.0. The third-order valence-electron chi connectivity index (χ3n) is 3.06. The SMILES string of the molecule is COCCNCCNC(=O)C(C)c1cccc([N+](=O)[O-])c1. The van der Waals surface area contributed by atoms with Gasteiger partial charge in [0.15, 0.2) is 0 Å². The molecule has 1 aromatic carbocycles. The molecule has 7 heteroatoms. The summed E-state index contributed by atoms with van der Waals surface area (Å²) in [5.74, 6) is -0.576. The molecule has 1 unspecified atom stereocenters. The molecule has 116 valence electrons. The van der Waals surface area contributed by atoms with Crippen LogP contribution < -0.4 is 10.6 Å². The first-order valence-corrected chi connectivity index (χ1v) is 6.78. The molecule has 0 spiro atoms. The zero-order chi connectivity index (χ0) is 15.7. The number of ether oxygens (including phenoxy) is 1. The number of rotatable bonds is 9. The number of hydrogen-bond donors (Lipinski definition) is 2. The first-order valence-electron chi connectivity index (χ1n) is 6.78. The molecular formula is C14H21N3O4. The number of nitrogens with one attached hydrogen (secondary N) is 2. The summed E-state index contributed by atoms with van der Waals surface area (Å²) < 4.78 is 4.89. The monoisotopic (exact) mass is 295 g/mol. The fraction of sp³-hybridized carbons (Fsp3) is 0.500. The summed E-state index contributed by atoms with van der Waals surface area (Å²) in [5.41, 5.74) is 0.627. The summed E-state index contributed by atoms with van der Waals surface area (Å²) in [6.07, 6.45) is 0. The van der Waals surface area contributed by atoms with Gasteiger partial charge in [-0.25, -0.2) is 0 Å². The van der Waals surface area contributed by atoms with Crippen LogP contribution in [0.5, 0.6) is 0 Å². The Balaban J connectivity index is 2.43. The predicted molar refractivity (Wildman–Crippen MR) is 79.3 cm³/mol. The van der Waals surface area contributed by atoms with Crippen LogP contribution in [0.15, 0.2) is 24.3 Å². The molecule has 0 bridgehead atoms. The van der Waals surface area contributed by atoms with Gasteiger partial charge >= 0.3 is 0 Å². The smallest absolute Gasteiger partial charge is 0.269 e. The van der Waals surface area contributed by atoms with E-state index in [1.54, 1.807) is 26.2 Å². The van der Waals surface area contributed by atoms with Crippen LogP contribution in [-0.4, -0.2) is 44.2 Å². The third kappa shape index (κ3) is 5.88. The first-order chi connectivity index (χ1) is 10.1. The second kappa shape index (κ2) is 9.04. The van der Waals surface area contributed by atoms with Crippen molar-refractivity contribution in [3.8, 4) is 0 Å². The molecule has 1 atom stereocenters. The summed E-state index contributed by atoms with van der Waals surface area (Å²) in [4.78, 5) is 22.2. The van der Waals surface area contributed by atoms with Crippen LogP contribution in [0.3, 0.4) is 0 Å². The number of amides is 1. The number of nitrogens with zero attached hydrogens (tertiary/aromatic N) is 1. The summed E-state index contributed by atoms with van der Waals surface area (Å²) in [6.45, 7) is 4.23. The third-order valence-corrected chi connectivity index (χ3v) is 3.06. The quantitative estimate of drug-likeness (QED) is 0.403. The normalized spacial score (nSPS) is 11.9. The average Bonchev–Trinajstić information content (AvgIpc) is 2.49. The number of benzene rings is 1. The maximum Gasteiger partial charge on any atom is 0.269 e. The van der Waals surface area contributed by atoms with Gasteiger partial charge in [-0.05, 0) is 12.5 Å². The van der Waals surface area contributed by atoms with Crippen LogP contribution in [0.1, 0.15) is 18.4 Å². The van der Waals surface area contributed by atoms with Crippen molar-refractivity contribution in [2.45, 2.75) is 12.8 Å². The molecular weight excluding hydrogens is 274 g/mol. The zero-order valence-corrected chi connectivity index (χ0v) is 12.3. The standard InChI is InChI=1S/C14H21N3O4/c1-11(12-4-3-5-13(10-12)17(19)20)14(18)16-7-6-15-8-9-21-2/h3-5,10-11,15H,6-9H2,1-2H3,(H,16,18). The van der Waals surface area contributed by atoms with Crippen molar-refractivity contribution in [1.29, 1.82) is 0 Å². The fourth-order valence-electron chi connectivity index (χ4n) is 1.79. The van der Waals surface area contributed by atoms with Gasteiger partial charge in [-0.2, -0.15) is 0 Å². The second-order valence-electron chi connectivity index (χ2n) is 4.61. The molecule has 0 radical (unpaired) electrons. The molecule has 7 nitrogen and oxygen atoms in total. The van der Waals surface area contributed by atoms with E-state index in [1.165, 1.54) is 12.1 Å². The molecule has 1 rings (SSSR count). The van der Waals surface area contributed by atoms with E-state index in [-0.39, 0.29) is 11.6 Å². The van der Waals surface area contributed by atoms with Crippen molar-refractivity contribution in [2.75, 3.05) is 33.4 Å². The highest BCUT2D eigenvalue weighted by Crippen LogP contribution is 2.20. The first kappa shape index (κ1) is 17.1. The van der Waals surface area contributed by atoms with Gasteiger partial charge in [0.2, 0.25) is 5.91 Å². The Labute approximate surface area is 123 Å². The topological polar surface area (TPSA) is 93.5 Å². The van der Waals surface area contributed by atoms with Gasteiger partial charge in [0.1, 0.15) is 0 Å². The minimum Gasteiger partial charge on any atom is -0.383 e. The van der Waals surface area contributed by atoms with Crippen molar-refractivity contribution in [3.63, 3.8) is 0 Å². The molecule has 0 heterocycles. The van der Waals surface area contributed by atoms with E-state index in [2.05, 4.69) is 10.6 Å². The Morgan fingerprint density at radius 2 is 2.14 bits per heavy atom. The predicted octanol–water partition coefficient (Wildman–Crippen LogP) is 1.05. The number of nitro groups is 1. The van der Waals surface area contributed by atoms with E-state index in [1.807, 2.05) is 0 Å². The van der Waals surface area contributed by atoms with Gasteiger partial charge in [0.25, 0.3) is 5.69 Å². The van der Waals surface area contributed by atoms with Crippen LogP contribution in [0.4, 0.5) is 5.69 Å². The van der Waals surface area contributed by atoms with Gasteiger partial charge in [-0.3, -0.25) is 14.9 Å². The maximum atomic E-state index is 12.0. The molecule has 0 saturated heterocycles. The molecule has 0 aliphatic carbocycles. The van der Waals surface area contributed by atoms with Gasteiger partial charge in [0, 0.05) is 38.9 Å². The van der Waals surface area contributed by atoms with Crippen LogP contribution in [-0.2, 0) is 9.53 Å². The molecule has 1 amide bonds. The minimum atomic E-state index is -0.464. The molecule has 0 fully saturated rings. The van der Waals surface area contributed by atoms with E-state index < -0.39 is 10.8 Å². The van der Waals surface area contributed by atoms with Crippen molar-refractivity contribution in [3.05, 3.63) is 39.9 Å². The van der Waals surface area contributed by atoms with Crippen molar-refractivity contribution in [1.82, 2.24) is 10.6 Å². The number of carbonyl (C=O) groups excluding carboxylic acids is 1. The summed E-state index contributed by atoms with van der Waals surface area (Å²) in [7, 11) is 1.63. The van der Waals surface area contributed by atoms with Crippen molar-refractivity contribution in [2.24, 2.45) is 0 Å². The summed E-state index contributed by atoms with van der Waals surface area (Å²) >= 11 is 0. The number of methoxy groups -OCH3 is 1. The molecule has 21 heavy (non-hydrogen) atoms. The molecule has 0 saturated carbocycles. The number of hydrogen-bond acceptors (Lipinski definition) is 5. The van der Waals surface area contributed by atoms with Crippen LogP contribution >= 0.6 is 0 Å². The Hall–Kier alpha value is -1.99. The van der Waals surface area contributed by atoms with Crippen LogP contribution in [0.2, 0.25) is 0 Å². The highest BCUT2D eigenvalue weighted by atomic mass is 16.6. The Kier molecular flexibility index (Phi) is 7.34. The molecule has 2 N–H and O–H groups in total. The lowest BCUT2D eigenvalue weighted by atomic mass is 10.00. The van der Waals surface area contributed by atoms with Crippen molar-refractivity contribution >= 4 is 11.6 Å². The van der Waals surface area contributed by atoms with Gasteiger partial charge in [-0.1, -0.05) is 12.1 Å². The lowest BCUT2D eigenvalue weighted by molar-refractivity contribution is -0.384. The van der Waals surface area contributed by atoms with Gasteiger partial charge in [0.05, 0.1) is 17.4 Å². The molecule has 0 aliphatic heterocycles. The largest absolute Gasteiger partial charge is 0.383 e. The van der Waals surface area contributed by atoms with Gasteiger partial charge in [-0.15, -0.1) is 0 Å². The van der Waals surface area contributed by atoms with E-state index in [0.717, 1.165) is 6.54 Å². The zero-order valence-electron chi connectivity index (χ0n) is 12.3. The Bertz CT molecular complexity index is 479. The van der Waals surface area contributed by atoms with E-state index in [9.17, 15) is 14.9 Å². The second-order valence-corrected chi connectivity index (χ2v) is 4.61. The van der Waals surface area contributed by atoms with Crippen molar-refractivity contribution < 1.29 is 14.5 Å². The molecule has 0 aliphatic rings. The molecule has 0 aromatic heterocycles. The lowest BCUT2D eigenvalue weighted by Crippen LogP contribution is -2.35. The van der Waals surface area contributed by atoms with E-state index in [4.69, 9.17) is 4.74 Å². The molecule has 1 aromatic rings.